The van der Waals surface area contributed by atoms with Crippen molar-refractivity contribution in [3.63, 3.8) is 0 Å². The van der Waals surface area contributed by atoms with Crippen molar-refractivity contribution in [1.29, 1.82) is 5.26 Å². The van der Waals surface area contributed by atoms with E-state index in [0.29, 0.717) is 17.4 Å². The Hall–Kier alpha value is -2.59. The normalized spacial score (nSPS) is 15.7. The molecule has 7 nitrogen and oxygen atoms in total. The third-order valence-corrected chi connectivity index (χ3v) is 4.04. The van der Waals surface area contributed by atoms with Crippen LogP contribution in [0.5, 0.6) is 0 Å². The number of piperazine rings is 1. The topological polar surface area (TPSA) is 90.4 Å². The molecule has 0 radical (unpaired) electrons. The zero-order valence-corrected chi connectivity index (χ0v) is 12.4. The molecule has 0 amide bonds. The van der Waals surface area contributed by atoms with Crippen molar-refractivity contribution >= 4 is 5.95 Å². The summed E-state index contributed by atoms with van der Waals surface area (Å²) >= 11 is 0. The van der Waals surface area contributed by atoms with Crippen LogP contribution in [0.25, 0.3) is 11.5 Å². The minimum Gasteiger partial charge on any atom is -0.463 e. The third-order valence-electron chi connectivity index (χ3n) is 4.04. The van der Waals surface area contributed by atoms with E-state index in [-0.39, 0.29) is 5.56 Å². The van der Waals surface area contributed by atoms with Gasteiger partial charge in [-0.15, -0.1) is 0 Å². The number of hydrogen-bond acceptors (Lipinski definition) is 5. The van der Waals surface area contributed by atoms with E-state index in [1.54, 1.807) is 17.0 Å². The van der Waals surface area contributed by atoms with Crippen molar-refractivity contribution in [3.8, 4) is 17.5 Å². The first-order chi connectivity index (χ1) is 10.7. The Morgan fingerprint density at radius 2 is 2.27 bits per heavy atom. The first-order valence-corrected chi connectivity index (χ1v) is 7.39. The van der Waals surface area contributed by atoms with E-state index in [9.17, 15) is 10.1 Å². The lowest BCUT2D eigenvalue weighted by Gasteiger charge is -2.31. The maximum absolute atomic E-state index is 12.2. The van der Waals surface area contributed by atoms with E-state index >= 15 is 0 Å². The van der Waals surface area contributed by atoms with Gasteiger partial charge in [-0.05, 0) is 19.1 Å². The Kier molecular flexibility index (Phi) is 3.94. The summed E-state index contributed by atoms with van der Waals surface area (Å²) in [6.07, 6.45) is 1.50. The SMILES string of the molecule is CC[NH+]1CCN(c2nc(-c3ccco3)c(C#N)c(=O)[nH]2)CC1. The zero-order valence-electron chi connectivity index (χ0n) is 12.4. The standard InChI is InChI=1S/C15H17N5O2/c1-2-19-5-7-20(8-6-19)15-17-13(12-4-3-9-22-12)11(10-16)14(21)18-15/h3-4,9H,2,5-8H2,1H3,(H,17,18,21)/p+1. The highest BCUT2D eigenvalue weighted by Gasteiger charge is 2.23. The number of rotatable bonds is 3. The number of hydrogen-bond donors (Lipinski definition) is 2. The van der Waals surface area contributed by atoms with Crippen LogP contribution in [0.1, 0.15) is 12.5 Å². The van der Waals surface area contributed by atoms with Gasteiger partial charge in [-0.1, -0.05) is 0 Å². The van der Waals surface area contributed by atoms with Crippen molar-refractivity contribution < 1.29 is 9.32 Å². The third kappa shape index (κ3) is 2.61. The van der Waals surface area contributed by atoms with Crippen LogP contribution in [0.3, 0.4) is 0 Å². The minimum atomic E-state index is -0.427. The van der Waals surface area contributed by atoms with E-state index in [1.165, 1.54) is 6.26 Å². The van der Waals surface area contributed by atoms with Gasteiger partial charge in [0.2, 0.25) is 5.95 Å². The van der Waals surface area contributed by atoms with Crippen LogP contribution >= 0.6 is 0 Å². The fourth-order valence-electron chi connectivity index (χ4n) is 2.69. The Balaban J connectivity index is 1.97. The number of aromatic amines is 1. The maximum Gasteiger partial charge on any atom is 0.271 e. The fraction of sp³-hybridized carbons (Fsp3) is 0.400. The molecule has 2 aromatic rings. The maximum atomic E-state index is 12.2. The summed E-state index contributed by atoms with van der Waals surface area (Å²) in [5, 5.41) is 9.20. The molecule has 3 heterocycles. The van der Waals surface area contributed by atoms with Crippen molar-refractivity contribution in [2.75, 3.05) is 37.6 Å². The lowest BCUT2D eigenvalue weighted by atomic mass is 10.2. The van der Waals surface area contributed by atoms with Crippen LogP contribution in [0.15, 0.2) is 27.6 Å². The van der Waals surface area contributed by atoms with Gasteiger partial charge in [0.1, 0.15) is 17.3 Å². The summed E-state index contributed by atoms with van der Waals surface area (Å²) in [7, 11) is 0. The molecular formula is C15H18N5O2+. The molecule has 1 aliphatic heterocycles. The van der Waals surface area contributed by atoms with Gasteiger partial charge in [-0.2, -0.15) is 5.26 Å². The number of nitrogens with zero attached hydrogens (tertiary/aromatic N) is 3. The molecule has 1 aliphatic rings. The Morgan fingerprint density at radius 1 is 1.50 bits per heavy atom. The summed E-state index contributed by atoms with van der Waals surface area (Å²) in [5.74, 6) is 0.937. The smallest absolute Gasteiger partial charge is 0.271 e. The van der Waals surface area contributed by atoms with Crippen LogP contribution in [0.2, 0.25) is 0 Å². The second-order valence-electron chi connectivity index (χ2n) is 5.29. The summed E-state index contributed by atoms with van der Waals surface area (Å²) in [5.41, 5.74) is -0.141. The molecule has 7 heteroatoms. The van der Waals surface area contributed by atoms with Gasteiger partial charge in [-0.3, -0.25) is 9.78 Å². The van der Waals surface area contributed by atoms with Crippen LogP contribution in [-0.2, 0) is 0 Å². The summed E-state index contributed by atoms with van der Waals surface area (Å²) in [6, 6.07) is 5.32. The molecule has 114 valence electrons. The average molecular weight is 300 g/mol. The highest BCUT2D eigenvalue weighted by atomic mass is 16.3. The quantitative estimate of drug-likeness (QED) is 0.807. The number of quaternary nitrogens is 1. The molecule has 1 fully saturated rings. The molecule has 0 spiro atoms. The highest BCUT2D eigenvalue weighted by molar-refractivity contribution is 5.62. The molecule has 0 bridgehead atoms. The van der Waals surface area contributed by atoms with Gasteiger partial charge < -0.3 is 14.2 Å². The Bertz CT molecular complexity index is 736. The molecule has 2 N–H and O–H groups in total. The van der Waals surface area contributed by atoms with E-state index in [2.05, 4.69) is 16.9 Å². The van der Waals surface area contributed by atoms with E-state index in [0.717, 1.165) is 32.7 Å². The molecule has 1 saturated heterocycles. The average Bonchev–Trinajstić information content (AvgIpc) is 3.08. The van der Waals surface area contributed by atoms with Gasteiger partial charge in [0.15, 0.2) is 5.76 Å². The number of H-pyrrole nitrogens is 1. The second-order valence-corrected chi connectivity index (χ2v) is 5.29. The first-order valence-electron chi connectivity index (χ1n) is 7.39. The lowest BCUT2D eigenvalue weighted by molar-refractivity contribution is -0.898. The fourth-order valence-corrected chi connectivity index (χ4v) is 2.69. The van der Waals surface area contributed by atoms with E-state index < -0.39 is 5.56 Å². The van der Waals surface area contributed by atoms with Crippen LogP contribution in [0.4, 0.5) is 5.95 Å². The van der Waals surface area contributed by atoms with Crippen molar-refractivity contribution in [2.45, 2.75) is 6.92 Å². The predicted molar refractivity (Wildman–Crippen MR) is 80.7 cm³/mol. The highest BCUT2D eigenvalue weighted by Crippen LogP contribution is 2.21. The molecule has 0 aliphatic carbocycles. The van der Waals surface area contributed by atoms with Crippen molar-refractivity contribution in [2.24, 2.45) is 0 Å². The number of aromatic nitrogens is 2. The molecule has 0 unspecified atom stereocenters. The van der Waals surface area contributed by atoms with Gasteiger partial charge in [0.05, 0.1) is 39.0 Å². The summed E-state index contributed by atoms with van der Waals surface area (Å²) in [4.78, 5) is 22.9. The first kappa shape index (κ1) is 14.4. The largest absolute Gasteiger partial charge is 0.463 e. The van der Waals surface area contributed by atoms with Gasteiger partial charge in [0.25, 0.3) is 5.56 Å². The number of nitriles is 1. The van der Waals surface area contributed by atoms with Crippen LogP contribution in [-0.4, -0.2) is 42.7 Å². The molecule has 22 heavy (non-hydrogen) atoms. The molecule has 0 aromatic carbocycles. The minimum absolute atomic E-state index is 0.0171. The summed E-state index contributed by atoms with van der Waals surface area (Å²) in [6.45, 7) is 6.95. The Morgan fingerprint density at radius 3 is 2.86 bits per heavy atom. The molecule has 0 saturated carbocycles. The van der Waals surface area contributed by atoms with Crippen molar-refractivity contribution in [1.82, 2.24) is 9.97 Å². The van der Waals surface area contributed by atoms with Crippen LogP contribution in [0, 0.1) is 11.3 Å². The molecule has 2 aromatic heterocycles. The van der Waals surface area contributed by atoms with Crippen molar-refractivity contribution in [3.05, 3.63) is 34.3 Å². The molecule has 3 rings (SSSR count). The van der Waals surface area contributed by atoms with E-state index in [4.69, 9.17) is 4.42 Å². The zero-order chi connectivity index (χ0) is 15.5. The number of anilines is 1. The van der Waals surface area contributed by atoms with Crippen LogP contribution < -0.4 is 15.4 Å². The van der Waals surface area contributed by atoms with Gasteiger partial charge in [-0.25, -0.2) is 4.98 Å². The number of likely N-dealkylation sites (N-methyl/N-ethyl adjacent to an activating group) is 1. The van der Waals surface area contributed by atoms with Gasteiger partial charge >= 0.3 is 0 Å². The summed E-state index contributed by atoms with van der Waals surface area (Å²) < 4.78 is 5.30. The monoisotopic (exact) mass is 300 g/mol. The Labute approximate surface area is 127 Å². The van der Waals surface area contributed by atoms with E-state index in [1.807, 2.05) is 11.0 Å². The predicted octanol–water partition coefficient (Wildman–Crippen LogP) is -0.374. The van der Waals surface area contributed by atoms with Gasteiger partial charge in [0, 0.05) is 0 Å². The lowest BCUT2D eigenvalue weighted by Crippen LogP contribution is -3.14. The molecule has 0 atom stereocenters. The number of nitrogens with one attached hydrogen (secondary N) is 2. The number of furan rings is 1. The second kappa shape index (κ2) is 6.03. The molecular weight excluding hydrogens is 282 g/mol.